The lowest BCUT2D eigenvalue weighted by molar-refractivity contribution is -0.129. The third kappa shape index (κ3) is 11.5. The van der Waals surface area contributed by atoms with Crippen LogP contribution in [0.5, 0.6) is 0 Å². The minimum absolute atomic E-state index is 0.0175. The topological polar surface area (TPSA) is 201 Å². The molecule has 6 rings (SSSR count). The SMILES string of the molecule is CCn1cc(C(=O)O)c(=O)c2cc(F)c(N3CCN(C(=O)OCc4ccc(NC(=O)[C@H](CC5CCNCC5)NC(=O)C(NC(=O)OCc5ccccc5)C(C)C)cc4)CC3)cc21. The maximum atomic E-state index is 15.4. The molecule has 2 saturated heterocycles. The predicted octanol–water partition coefficient (Wildman–Crippen LogP) is 5.08. The number of piperazine rings is 1. The Morgan fingerprint density at radius 3 is 2.18 bits per heavy atom. The Labute approximate surface area is 358 Å². The molecule has 16 nitrogen and oxygen atoms in total. The molecule has 1 unspecified atom stereocenters. The first-order valence-corrected chi connectivity index (χ1v) is 21.0. The minimum Gasteiger partial charge on any atom is -0.477 e. The van der Waals surface area contributed by atoms with Crippen LogP contribution in [0.4, 0.5) is 25.4 Å². The van der Waals surface area contributed by atoms with Crippen molar-refractivity contribution in [3.63, 3.8) is 0 Å². The molecule has 0 saturated carbocycles. The molecule has 2 aliphatic rings. The smallest absolute Gasteiger partial charge is 0.410 e. The highest BCUT2D eigenvalue weighted by Gasteiger charge is 2.32. The van der Waals surface area contributed by atoms with Crippen LogP contribution in [0.2, 0.25) is 0 Å². The molecule has 3 heterocycles. The standard InChI is InChI=1S/C45H54FN7O9/c1-4-51-25-34(43(57)58)40(54)33-23-35(46)38(24-37(33)51)52-18-20-53(21-19-52)45(60)62-27-31-10-12-32(13-11-31)48-41(55)36(22-29-14-16-47-17-15-29)49-42(56)39(28(2)3)50-44(59)61-26-30-8-6-5-7-9-30/h5-13,23-25,28-29,36,39,47H,4,14-22,26-27H2,1-3H3,(H,48,55)(H,49,56)(H,50,59)(H,57,58)/t36-,39?/m0/s1. The summed E-state index contributed by atoms with van der Waals surface area (Å²) in [6, 6.07) is 16.8. The van der Waals surface area contributed by atoms with Gasteiger partial charge in [-0.05, 0) is 86.5 Å². The number of piperidine rings is 1. The molecule has 0 radical (unpaired) electrons. The number of halogens is 1. The first-order valence-electron chi connectivity index (χ1n) is 21.0. The number of rotatable bonds is 15. The fourth-order valence-corrected chi connectivity index (χ4v) is 7.71. The molecule has 330 valence electrons. The molecule has 4 aromatic rings. The number of aromatic carboxylic acids is 1. The molecule has 17 heteroatoms. The van der Waals surface area contributed by atoms with Gasteiger partial charge in [0, 0.05) is 50.0 Å². The number of carbonyl (C=O) groups excluding carboxylic acids is 4. The molecule has 2 aliphatic heterocycles. The van der Waals surface area contributed by atoms with Crippen LogP contribution in [-0.4, -0.2) is 95.9 Å². The minimum atomic E-state index is -1.38. The van der Waals surface area contributed by atoms with E-state index in [0.717, 1.165) is 37.6 Å². The number of nitrogens with zero attached hydrogens (tertiary/aromatic N) is 3. The number of hydrogen-bond acceptors (Lipinski definition) is 10. The van der Waals surface area contributed by atoms with Crippen LogP contribution in [-0.2, 0) is 38.8 Å². The zero-order chi connectivity index (χ0) is 44.3. The predicted molar refractivity (Wildman–Crippen MR) is 230 cm³/mol. The van der Waals surface area contributed by atoms with Gasteiger partial charge < -0.3 is 50.2 Å². The summed E-state index contributed by atoms with van der Waals surface area (Å²) >= 11 is 0. The lowest BCUT2D eigenvalue weighted by atomic mass is 9.90. The van der Waals surface area contributed by atoms with E-state index in [1.165, 1.54) is 11.1 Å². The van der Waals surface area contributed by atoms with Gasteiger partial charge in [-0.1, -0.05) is 56.3 Å². The number of aromatic nitrogens is 1. The van der Waals surface area contributed by atoms with Crippen LogP contribution < -0.4 is 31.6 Å². The summed E-state index contributed by atoms with van der Waals surface area (Å²) in [6.45, 7) is 8.49. The summed E-state index contributed by atoms with van der Waals surface area (Å²) in [4.78, 5) is 80.8. The first kappa shape index (κ1) is 45.0. The molecule has 2 atom stereocenters. The van der Waals surface area contributed by atoms with Gasteiger partial charge in [-0.2, -0.15) is 0 Å². The van der Waals surface area contributed by atoms with Gasteiger partial charge >= 0.3 is 18.2 Å². The molecule has 5 N–H and O–H groups in total. The molecule has 2 fully saturated rings. The number of anilines is 2. The second-order valence-electron chi connectivity index (χ2n) is 15.9. The number of aryl methyl sites for hydroxylation is 1. The molecule has 0 bridgehead atoms. The Balaban J connectivity index is 1.01. The largest absolute Gasteiger partial charge is 0.477 e. The Bertz CT molecular complexity index is 2290. The second kappa shape index (κ2) is 20.9. The number of fused-ring (bicyclic) bond motifs is 1. The van der Waals surface area contributed by atoms with E-state index in [4.69, 9.17) is 9.47 Å². The van der Waals surface area contributed by atoms with Gasteiger partial charge in [-0.15, -0.1) is 0 Å². The van der Waals surface area contributed by atoms with Crippen molar-refractivity contribution in [2.75, 3.05) is 49.5 Å². The van der Waals surface area contributed by atoms with Gasteiger partial charge in [0.05, 0.1) is 11.2 Å². The zero-order valence-electron chi connectivity index (χ0n) is 35.2. The fraction of sp³-hybridized carbons (Fsp3) is 0.422. The summed E-state index contributed by atoms with van der Waals surface area (Å²) < 4.78 is 27.9. The van der Waals surface area contributed by atoms with Crippen LogP contribution in [0, 0.1) is 17.7 Å². The number of carboxylic acids is 1. The number of hydrogen-bond donors (Lipinski definition) is 5. The normalized spacial score (nSPS) is 15.4. The summed E-state index contributed by atoms with van der Waals surface area (Å²) in [5, 5.41) is 21.2. The van der Waals surface area contributed by atoms with Gasteiger partial charge in [0.2, 0.25) is 17.2 Å². The molecule has 0 aliphatic carbocycles. The van der Waals surface area contributed by atoms with Crippen LogP contribution in [0.15, 0.2) is 77.7 Å². The van der Waals surface area contributed by atoms with E-state index in [1.54, 1.807) is 60.6 Å². The van der Waals surface area contributed by atoms with E-state index < -0.39 is 58.9 Å². The first-order chi connectivity index (χ1) is 29.8. The van der Waals surface area contributed by atoms with Crippen molar-refractivity contribution >= 4 is 52.2 Å². The number of ether oxygens (including phenoxy) is 2. The van der Waals surface area contributed by atoms with E-state index >= 15 is 4.39 Å². The highest BCUT2D eigenvalue weighted by molar-refractivity contribution is 5.98. The van der Waals surface area contributed by atoms with Gasteiger partial charge in [-0.25, -0.2) is 18.8 Å². The lowest BCUT2D eigenvalue weighted by Crippen LogP contribution is -2.55. The monoisotopic (exact) mass is 855 g/mol. The van der Waals surface area contributed by atoms with Crippen molar-refractivity contribution < 1.29 is 42.9 Å². The van der Waals surface area contributed by atoms with Crippen molar-refractivity contribution in [3.8, 4) is 0 Å². The highest BCUT2D eigenvalue weighted by atomic mass is 19.1. The molecule has 3 aromatic carbocycles. The number of amides is 4. The van der Waals surface area contributed by atoms with E-state index in [1.807, 2.05) is 30.3 Å². The van der Waals surface area contributed by atoms with Crippen LogP contribution in [0.3, 0.4) is 0 Å². The number of benzene rings is 3. The third-order valence-electron chi connectivity index (χ3n) is 11.3. The fourth-order valence-electron chi connectivity index (χ4n) is 7.71. The summed E-state index contributed by atoms with van der Waals surface area (Å²) in [5.74, 6) is -3.04. The number of carbonyl (C=O) groups is 5. The van der Waals surface area contributed by atoms with Crippen molar-refractivity contribution in [2.24, 2.45) is 11.8 Å². The Kier molecular flexibility index (Phi) is 15.2. The molecule has 62 heavy (non-hydrogen) atoms. The van der Waals surface area contributed by atoms with E-state index in [0.29, 0.717) is 42.8 Å². The molecular formula is C45H54FN7O9. The number of alkyl carbamates (subject to hydrolysis) is 1. The average Bonchev–Trinajstić information content (AvgIpc) is 3.27. The Morgan fingerprint density at radius 2 is 1.53 bits per heavy atom. The second-order valence-corrected chi connectivity index (χ2v) is 15.9. The van der Waals surface area contributed by atoms with Crippen LogP contribution in [0.1, 0.15) is 61.5 Å². The zero-order valence-corrected chi connectivity index (χ0v) is 35.2. The van der Waals surface area contributed by atoms with Gasteiger partial charge in [0.1, 0.15) is 36.7 Å². The summed E-state index contributed by atoms with van der Waals surface area (Å²) in [6.07, 6.45) is 2.10. The maximum Gasteiger partial charge on any atom is 0.410 e. The maximum absolute atomic E-state index is 15.4. The molecule has 0 spiro atoms. The summed E-state index contributed by atoms with van der Waals surface area (Å²) in [7, 11) is 0. The number of carboxylic acid groups (broad SMARTS) is 1. The Hall–Kier alpha value is -6.49. The average molecular weight is 856 g/mol. The summed E-state index contributed by atoms with van der Waals surface area (Å²) in [5.41, 5.74) is 1.44. The van der Waals surface area contributed by atoms with Crippen molar-refractivity contribution in [1.82, 2.24) is 25.4 Å². The third-order valence-corrected chi connectivity index (χ3v) is 11.3. The Morgan fingerprint density at radius 1 is 0.871 bits per heavy atom. The van der Waals surface area contributed by atoms with E-state index in [2.05, 4.69) is 21.3 Å². The van der Waals surface area contributed by atoms with Crippen molar-refractivity contribution in [1.29, 1.82) is 0 Å². The van der Waals surface area contributed by atoms with E-state index in [-0.39, 0.29) is 49.2 Å². The number of nitrogens with one attached hydrogen (secondary N) is 4. The molecule has 1 aromatic heterocycles. The van der Waals surface area contributed by atoms with Crippen LogP contribution in [0.25, 0.3) is 10.9 Å². The molecular weight excluding hydrogens is 802 g/mol. The van der Waals surface area contributed by atoms with Crippen LogP contribution >= 0.6 is 0 Å². The quantitative estimate of drug-likeness (QED) is 0.107. The van der Waals surface area contributed by atoms with Gasteiger partial charge in [0.25, 0.3) is 0 Å². The lowest BCUT2D eigenvalue weighted by Gasteiger charge is -2.35. The van der Waals surface area contributed by atoms with Gasteiger partial charge in [0.15, 0.2) is 0 Å². The van der Waals surface area contributed by atoms with E-state index in [9.17, 15) is 33.9 Å². The van der Waals surface area contributed by atoms with Crippen molar-refractivity contribution in [2.45, 2.75) is 71.9 Å². The number of pyridine rings is 1. The van der Waals surface area contributed by atoms with Gasteiger partial charge in [-0.3, -0.25) is 14.4 Å². The molecule has 4 amide bonds. The van der Waals surface area contributed by atoms with Crippen molar-refractivity contribution in [3.05, 3.63) is 106 Å². The highest BCUT2D eigenvalue weighted by Crippen LogP contribution is 2.27.